The van der Waals surface area contributed by atoms with Crippen molar-refractivity contribution in [1.82, 2.24) is 29.3 Å². The minimum absolute atomic E-state index is 0.142. The first-order valence-corrected chi connectivity index (χ1v) is 11.5. The molecule has 0 radical (unpaired) electrons. The summed E-state index contributed by atoms with van der Waals surface area (Å²) in [6, 6.07) is 7.06. The van der Waals surface area contributed by atoms with Gasteiger partial charge in [0.15, 0.2) is 17.3 Å². The molecule has 0 spiro atoms. The highest BCUT2D eigenvalue weighted by molar-refractivity contribution is 6.30. The fourth-order valence-corrected chi connectivity index (χ4v) is 4.54. The van der Waals surface area contributed by atoms with Crippen LogP contribution in [0.4, 0.5) is 20.2 Å². The summed E-state index contributed by atoms with van der Waals surface area (Å²) in [7, 11) is 3.36. The number of rotatable bonds is 6. The van der Waals surface area contributed by atoms with Crippen LogP contribution in [0.1, 0.15) is 43.6 Å². The zero-order valence-corrected chi connectivity index (χ0v) is 20.2. The van der Waals surface area contributed by atoms with Gasteiger partial charge in [-0.2, -0.15) is 5.10 Å². The van der Waals surface area contributed by atoms with Crippen LogP contribution in [0.2, 0.25) is 5.15 Å². The van der Waals surface area contributed by atoms with Crippen LogP contribution in [0.25, 0.3) is 22.6 Å². The second kappa shape index (κ2) is 9.38. The van der Waals surface area contributed by atoms with E-state index in [1.165, 1.54) is 4.57 Å². The van der Waals surface area contributed by atoms with Crippen LogP contribution in [0, 0.1) is 6.92 Å². The standard InChI is InChI=1S/C23H24ClF2N7O2/c1-12-27-21(32(2)31-12)13-7-8-14(16(10-13)34-3)28-15-11-17(24)29-22-19(15)30-23(20(25)26)33(22)18-6-4-5-9-35-18/h7-8,10-11,18,20H,4-6,9H2,1-3H3,(H,28,29). The van der Waals surface area contributed by atoms with Gasteiger partial charge in [0, 0.05) is 25.3 Å². The highest BCUT2D eigenvalue weighted by atomic mass is 35.5. The Morgan fingerprint density at radius 3 is 2.66 bits per heavy atom. The lowest BCUT2D eigenvalue weighted by Gasteiger charge is -2.25. The number of alkyl halides is 2. The van der Waals surface area contributed by atoms with E-state index in [9.17, 15) is 8.78 Å². The largest absolute Gasteiger partial charge is 0.495 e. The lowest BCUT2D eigenvalue weighted by Crippen LogP contribution is -2.20. The number of hydrogen-bond acceptors (Lipinski definition) is 7. The van der Waals surface area contributed by atoms with E-state index >= 15 is 0 Å². The first-order chi connectivity index (χ1) is 16.9. The quantitative estimate of drug-likeness (QED) is 0.343. The summed E-state index contributed by atoms with van der Waals surface area (Å²) < 4.78 is 42.4. The molecule has 1 unspecified atom stereocenters. The third-order valence-electron chi connectivity index (χ3n) is 5.88. The van der Waals surface area contributed by atoms with Crippen LogP contribution in [-0.2, 0) is 11.8 Å². The number of aromatic nitrogens is 6. The van der Waals surface area contributed by atoms with Gasteiger partial charge in [0.1, 0.15) is 28.5 Å². The van der Waals surface area contributed by atoms with E-state index in [-0.39, 0.29) is 16.3 Å². The highest BCUT2D eigenvalue weighted by Crippen LogP contribution is 2.38. The molecular formula is C23H24ClF2N7O2. The number of pyridine rings is 1. The maximum Gasteiger partial charge on any atom is 0.295 e. The Hall–Kier alpha value is -3.31. The van der Waals surface area contributed by atoms with Gasteiger partial charge >= 0.3 is 0 Å². The molecule has 12 heteroatoms. The van der Waals surface area contributed by atoms with Crippen LogP contribution in [0.3, 0.4) is 0 Å². The number of fused-ring (bicyclic) bond motifs is 1. The molecule has 184 valence electrons. The van der Waals surface area contributed by atoms with E-state index in [1.807, 2.05) is 32.2 Å². The van der Waals surface area contributed by atoms with Gasteiger partial charge in [-0.05, 0) is 44.4 Å². The van der Waals surface area contributed by atoms with Gasteiger partial charge in [-0.1, -0.05) is 11.6 Å². The van der Waals surface area contributed by atoms with Crippen molar-refractivity contribution in [2.24, 2.45) is 7.05 Å². The molecular weight excluding hydrogens is 480 g/mol. The fourth-order valence-electron chi connectivity index (χ4n) is 4.35. The van der Waals surface area contributed by atoms with Gasteiger partial charge in [0.05, 0.1) is 18.5 Å². The number of hydrogen-bond donors (Lipinski definition) is 1. The van der Waals surface area contributed by atoms with E-state index < -0.39 is 18.5 Å². The van der Waals surface area contributed by atoms with Gasteiger partial charge in [0.2, 0.25) is 0 Å². The summed E-state index contributed by atoms with van der Waals surface area (Å²) in [5.41, 5.74) is 2.35. The molecule has 1 N–H and O–H groups in total. The van der Waals surface area contributed by atoms with Gasteiger partial charge in [0.25, 0.3) is 6.43 Å². The van der Waals surface area contributed by atoms with E-state index in [0.29, 0.717) is 41.8 Å². The van der Waals surface area contributed by atoms with Gasteiger partial charge in [-0.3, -0.25) is 4.57 Å². The predicted molar refractivity (Wildman–Crippen MR) is 127 cm³/mol. The highest BCUT2D eigenvalue weighted by Gasteiger charge is 2.29. The smallest absolute Gasteiger partial charge is 0.295 e. The summed E-state index contributed by atoms with van der Waals surface area (Å²) >= 11 is 6.32. The molecule has 3 aromatic heterocycles. The van der Waals surface area contributed by atoms with Crippen molar-refractivity contribution < 1.29 is 18.3 Å². The Balaban J connectivity index is 1.58. The molecule has 1 fully saturated rings. The maximum atomic E-state index is 14.0. The Morgan fingerprint density at radius 2 is 2.00 bits per heavy atom. The minimum atomic E-state index is -2.80. The van der Waals surface area contributed by atoms with Crippen molar-refractivity contribution in [1.29, 1.82) is 0 Å². The van der Waals surface area contributed by atoms with Crippen LogP contribution in [-0.4, -0.2) is 43.0 Å². The summed E-state index contributed by atoms with van der Waals surface area (Å²) in [5.74, 6) is 1.47. The van der Waals surface area contributed by atoms with E-state index in [1.54, 1.807) is 17.9 Å². The topological polar surface area (TPSA) is 91.9 Å². The minimum Gasteiger partial charge on any atom is -0.495 e. The monoisotopic (exact) mass is 503 g/mol. The van der Waals surface area contributed by atoms with Crippen LogP contribution >= 0.6 is 11.6 Å². The molecule has 1 atom stereocenters. The normalized spacial score (nSPS) is 16.3. The first kappa shape index (κ1) is 23.4. The van der Waals surface area contributed by atoms with Crippen molar-refractivity contribution in [2.45, 2.75) is 38.8 Å². The molecule has 1 saturated heterocycles. The Bertz CT molecular complexity index is 1380. The fraction of sp³-hybridized carbons (Fsp3) is 0.391. The second-order valence-corrected chi connectivity index (χ2v) is 8.66. The van der Waals surface area contributed by atoms with Crippen molar-refractivity contribution >= 4 is 34.1 Å². The molecule has 0 amide bonds. The molecule has 35 heavy (non-hydrogen) atoms. The third kappa shape index (κ3) is 4.41. The van der Waals surface area contributed by atoms with Crippen LogP contribution < -0.4 is 10.1 Å². The molecule has 0 aliphatic carbocycles. The molecule has 0 bridgehead atoms. The van der Waals surface area contributed by atoms with Gasteiger partial charge < -0.3 is 14.8 Å². The third-order valence-corrected chi connectivity index (χ3v) is 6.07. The maximum absolute atomic E-state index is 14.0. The number of methoxy groups -OCH3 is 1. The second-order valence-electron chi connectivity index (χ2n) is 8.27. The number of nitrogens with zero attached hydrogens (tertiary/aromatic N) is 6. The zero-order valence-electron chi connectivity index (χ0n) is 19.4. The molecule has 9 nitrogen and oxygen atoms in total. The summed E-state index contributed by atoms with van der Waals surface area (Å²) in [5, 5.41) is 7.66. The predicted octanol–water partition coefficient (Wildman–Crippen LogP) is 5.58. The van der Waals surface area contributed by atoms with Crippen LogP contribution in [0.15, 0.2) is 24.3 Å². The molecule has 5 rings (SSSR count). The Labute approximate surface area is 205 Å². The summed E-state index contributed by atoms with van der Waals surface area (Å²) in [4.78, 5) is 13.0. The molecule has 1 aliphatic heterocycles. The number of benzene rings is 1. The van der Waals surface area contributed by atoms with Crippen molar-refractivity contribution in [3.05, 3.63) is 41.1 Å². The SMILES string of the molecule is COc1cc(-c2nc(C)nn2C)ccc1Nc1cc(Cl)nc2c1nc(C(F)F)n2C1CCCCO1. The van der Waals surface area contributed by atoms with Crippen molar-refractivity contribution in [2.75, 3.05) is 19.0 Å². The van der Waals surface area contributed by atoms with E-state index in [2.05, 4.69) is 25.4 Å². The zero-order chi connectivity index (χ0) is 24.7. The summed E-state index contributed by atoms with van der Waals surface area (Å²) in [6.45, 7) is 2.31. The molecule has 4 aromatic rings. The van der Waals surface area contributed by atoms with Gasteiger partial charge in [-0.15, -0.1) is 0 Å². The average molecular weight is 504 g/mol. The number of anilines is 2. The van der Waals surface area contributed by atoms with E-state index in [4.69, 9.17) is 21.1 Å². The molecule has 0 saturated carbocycles. The van der Waals surface area contributed by atoms with Gasteiger partial charge in [-0.25, -0.2) is 28.4 Å². The Morgan fingerprint density at radius 1 is 1.17 bits per heavy atom. The summed E-state index contributed by atoms with van der Waals surface area (Å²) in [6.07, 6.45) is -1.02. The molecule has 1 aromatic carbocycles. The number of ether oxygens (including phenoxy) is 2. The number of nitrogens with one attached hydrogen (secondary N) is 1. The molecule has 1 aliphatic rings. The Kier molecular flexibility index (Phi) is 6.28. The number of aryl methyl sites for hydroxylation is 2. The lowest BCUT2D eigenvalue weighted by atomic mass is 10.1. The number of imidazole rings is 1. The first-order valence-electron chi connectivity index (χ1n) is 11.2. The number of halogens is 3. The van der Waals surface area contributed by atoms with Crippen LogP contribution in [0.5, 0.6) is 5.75 Å². The van der Waals surface area contributed by atoms with E-state index in [0.717, 1.165) is 18.4 Å². The van der Waals surface area contributed by atoms with Crippen molar-refractivity contribution in [3.63, 3.8) is 0 Å². The molecule has 4 heterocycles. The van der Waals surface area contributed by atoms with Crippen molar-refractivity contribution in [3.8, 4) is 17.1 Å². The lowest BCUT2D eigenvalue weighted by molar-refractivity contribution is -0.0363. The average Bonchev–Trinajstić information content (AvgIpc) is 3.39.